The topological polar surface area (TPSA) is 75.6 Å². The van der Waals surface area contributed by atoms with Crippen LogP contribution in [0, 0.1) is 0 Å². The lowest BCUT2D eigenvalue weighted by atomic mass is 9.98. The third kappa shape index (κ3) is 5.12. The lowest BCUT2D eigenvalue weighted by Gasteiger charge is -2.18. The van der Waals surface area contributed by atoms with Gasteiger partial charge in [-0.05, 0) is 28.7 Å². The van der Waals surface area contributed by atoms with Gasteiger partial charge in [0.2, 0.25) is 0 Å². The van der Waals surface area contributed by atoms with Crippen LogP contribution in [-0.2, 0) is 9.53 Å². The van der Waals surface area contributed by atoms with Crippen LogP contribution in [0.25, 0.3) is 11.1 Å². The van der Waals surface area contributed by atoms with Gasteiger partial charge in [0.25, 0.3) is 0 Å². The molecule has 6 heteroatoms. The molecule has 2 atom stereocenters. The number of aliphatic carboxylic acids is 1. The maximum atomic E-state index is 12.3. The molecule has 1 aliphatic rings. The van der Waals surface area contributed by atoms with Crippen LogP contribution in [0.1, 0.15) is 43.7 Å². The van der Waals surface area contributed by atoms with Gasteiger partial charge in [-0.25, -0.2) is 9.59 Å². The van der Waals surface area contributed by atoms with Crippen LogP contribution in [0.2, 0.25) is 0 Å². The van der Waals surface area contributed by atoms with E-state index in [4.69, 9.17) is 4.74 Å². The number of amides is 1. The van der Waals surface area contributed by atoms with E-state index in [1.165, 1.54) is 0 Å². The van der Waals surface area contributed by atoms with Crippen molar-refractivity contribution in [3.05, 3.63) is 59.7 Å². The van der Waals surface area contributed by atoms with Crippen LogP contribution in [0.15, 0.2) is 48.5 Å². The molecule has 0 aliphatic heterocycles. The molecule has 0 spiro atoms. The third-order valence-corrected chi connectivity index (χ3v) is 6.51. The lowest BCUT2D eigenvalue weighted by molar-refractivity contribution is -0.138. The quantitative estimate of drug-likeness (QED) is 0.611. The molecular formula is C23H27NO4S. The van der Waals surface area contributed by atoms with Crippen molar-refractivity contribution in [2.75, 3.05) is 12.4 Å². The number of ether oxygens (including phenoxy) is 1. The zero-order valence-corrected chi connectivity index (χ0v) is 17.6. The van der Waals surface area contributed by atoms with Gasteiger partial charge in [0, 0.05) is 16.9 Å². The number of thioether (sulfide) groups is 1. The molecule has 0 saturated heterocycles. The molecule has 0 aromatic heterocycles. The standard InChI is InChI=1S/C23H27NO4S/c1-3-8-15(2)29-14-21(22(25)26)24-23(27)28-13-20-18-11-6-4-9-16(18)17-10-5-7-12-19(17)20/h4-7,9-12,15,20-21H,3,8,13-14H2,1-2H3,(H,24,27)(H,25,26). The molecule has 2 N–H and O–H groups in total. The van der Waals surface area contributed by atoms with Crippen molar-refractivity contribution in [2.45, 2.75) is 43.9 Å². The molecular weight excluding hydrogens is 386 g/mol. The number of carboxylic acid groups (broad SMARTS) is 1. The monoisotopic (exact) mass is 413 g/mol. The van der Waals surface area contributed by atoms with Gasteiger partial charge in [0.05, 0.1) is 0 Å². The summed E-state index contributed by atoms with van der Waals surface area (Å²) in [6.45, 7) is 4.34. The summed E-state index contributed by atoms with van der Waals surface area (Å²) in [5.41, 5.74) is 4.56. The van der Waals surface area contributed by atoms with Crippen LogP contribution < -0.4 is 5.32 Å². The van der Waals surface area contributed by atoms with E-state index in [-0.39, 0.29) is 12.5 Å². The fraction of sp³-hybridized carbons (Fsp3) is 0.391. The SMILES string of the molecule is CCCC(C)SCC(NC(=O)OCC1c2ccccc2-c2ccccc21)C(=O)O. The Hall–Kier alpha value is -2.47. The molecule has 2 unspecified atom stereocenters. The number of carbonyl (C=O) groups is 2. The smallest absolute Gasteiger partial charge is 0.407 e. The van der Waals surface area contributed by atoms with Crippen LogP contribution in [0.4, 0.5) is 4.79 Å². The van der Waals surface area contributed by atoms with Gasteiger partial charge in [-0.15, -0.1) is 0 Å². The molecule has 154 valence electrons. The van der Waals surface area contributed by atoms with Gasteiger partial charge < -0.3 is 15.2 Å². The highest BCUT2D eigenvalue weighted by molar-refractivity contribution is 7.99. The van der Waals surface area contributed by atoms with Crippen molar-refractivity contribution in [3.8, 4) is 11.1 Å². The third-order valence-electron chi connectivity index (χ3n) is 5.18. The van der Waals surface area contributed by atoms with Crippen molar-refractivity contribution in [3.63, 3.8) is 0 Å². The summed E-state index contributed by atoms with van der Waals surface area (Å²) in [6.07, 6.45) is 1.37. The number of hydrogen-bond acceptors (Lipinski definition) is 4. The van der Waals surface area contributed by atoms with E-state index in [1.807, 2.05) is 36.4 Å². The van der Waals surface area contributed by atoms with E-state index in [9.17, 15) is 14.7 Å². The van der Waals surface area contributed by atoms with Crippen LogP contribution >= 0.6 is 11.8 Å². The summed E-state index contributed by atoms with van der Waals surface area (Å²) in [4.78, 5) is 23.8. The zero-order valence-electron chi connectivity index (χ0n) is 16.8. The van der Waals surface area contributed by atoms with E-state index in [0.29, 0.717) is 11.0 Å². The minimum Gasteiger partial charge on any atom is -0.480 e. The molecule has 29 heavy (non-hydrogen) atoms. The maximum Gasteiger partial charge on any atom is 0.407 e. The van der Waals surface area contributed by atoms with Crippen LogP contribution in [0.3, 0.4) is 0 Å². The normalized spacial score (nSPS) is 14.6. The molecule has 3 rings (SSSR count). The number of hydrogen-bond donors (Lipinski definition) is 2. The molecule has 2 aromatic rings. The summed E-state index contributed by atoms with van der Waals surface area (Å²) in [5.74, 6) is -0.772. The van der Waals surface area contributed by atoms with Crippen molar-refractivity contribution in [1.82, 2.24) is 5.32 Å². The zero-order chi connectivity index (χ0) is 20.8. The Morgan fingerprint density at radius 1 is 1.10 bits per heavy atom. The van der Waals surface area contributed by atoms with Gasteiger partial charge in [0.1, 0.15) is 12.6 Å². The number of alkyl carbamates (subject to hydrolysis) is 1. The van der Waals surface area contributed by atoms with E-state index in [2.05, 4.69) is 31.3 Å². The second-order valence-electron chi connectivity index (χ2n) is 7.29. The molecule has 1 aliphatic carbocycles. The second kappa shape index (κ2) is 9.83. The molecule has 1 amide bonds. The predicted octanol–water partition coefficient (Wildman–Crippen LogP) is 4.90. The Labute approximate surface area is 175 Å². The molecule has 0 radical (unpaired) electrons. The number of carbonyl (C=O) groups excluding carboxylic acids is 1. The van der Waals surface area contributed by atoms with Gasteiger partial charge in [-0.1, -0.05) is 68.8 Å². The fourth-order valence-corrected chi connectivity index (χ4v) is 4.86. The first-order chi connectivity index (χ1) is 14.0. The number of fused-ring (bicyclic) bond motifs is 3. The number of carboxylic acids is 1. The first-order valence-corrected chi connectivity index (χ1v) is 11.0. The van der Waals surface area contributed by atoms with Gasteiger partial charge in [0.15, 0.2) is 0 Å². The molecule has 0 fully saturated rings. The van der Waals surface area contributed by atoms with E-state index >= 15 is 0 Å². The molecule has 0 heterocycles. The Kier molecular flexibility index (Phi) is 7.20. The number of benzene rings is 2. The molecule has 0 bridgehead atoms. The number of nitrogens with one attached hydrogen (secondary N) is 1. The molecule has 5 nitrogen and oxygen atoms in total. The van der Waals surface area contributed by atoms with Crippen LogP contribution in [-0.4, -0.2) is 40.8 Å². The first-order valence-electron chi connectivity index (χ1n) is 9.97. The van der Waals surface area contributed by atoms with Gasteiger partial charge in [-0.2, -0.15) is 11.8 Å². The van der Waals surface area contributed by atoms with Crippen molar-refractivity contribution in [2.24, 2.45) is 0 Å². The van der Waals surface area contributed by atoms with Crippen molar-refractivity contribution >= 4 is 23.8 Å². The molecule has 0 saturated carbocycles. The van der Waals surface area contributed by atoms with E-state index in [1.54, 1.807) is 11.8 Å². The van der Waals surface area contributed by atoms with E-state index < -0.39 is 18.1 Å². The highest BCUT2D eigenvalue weighted by Gasteiger charge is 2.29. The lowest BCUT2D eigenvalue weighted by Crippen LogP contribution is -2.43. The minimum absolute atomic E-state index is 0.0459. The largest absolute Gasteiger partial charge is 0.480 e. The molecule has 2 aromatic carbocycles. The van der Waals surface area contributed by atoms with Gasteiger partial charge >= 0.3 is 12.1 Å². The summed E-state index contributed by atoms with van der Waals surface area (Å²) in [7, 11) is 0. The second-order valence-corrected chi connectivity index (χ2v) is 8.76. The fourth-order valence-electron chi connectivity index (χ4n) is 3.71. The Bertz CT molecular complexity index is 824. The minimum atomic E-state index is -1.05. The first kappa shape index (κ1) is 21.2. The van der Waals surface area contributed by atoms with Crippen molar-refractivity contribution in [1.29, 1.82) is 0 Å². The van der Waals surface area contributed by atoms with Crippen LogP contribution in [0.5, 0.6) is 0 Å². The predicted molar refractivity (Wildman–Crippen MR) is 116 cm³/mol. The number of rotatable bonds is 9. The highest BCUT2D eigenvalue weighted by Crippen LogP contribution is 2.44. The Morgan fingerprint density at radius 3 is 2.24 bits per heavy atom. The summed E-state index contributed by atoms with van der Waals surface area (Å²) in [6, 6.07) is 15.2. The Morgan fingerprint density at radius 2 is 1.69 bits per heavy atom. The van der Waals surface area contributed by atoms with Gasteiger partial charge in [-0.3, -0.25) is 0 Å². The summed E-state index contributed by atoms with van der Waals surface area (Å²) >= 11 is 1.55. The average molecular weight is 414 g/mol. The average Bonchev–Trinajstić information content (AvgIpc) is 3.03. The Balaban J connectivity index is 1.61. The van der Waals surface area contributed by atoms with E-state index in [0.717, 1.165) is 35.1 Å². The maximum absolute atomic E-state index is 12.3. The summed E-state index contributed by atoms with van der Waals surface area (Å²) < 4.78 is 5.45. The summed E-state index contributed by atoms with van der Waals surface area (Å²) in [5, 5.41) is 12.3. The van der Waals surface area contributed by atoms with Crippen molar-refractivity contribution < 1.29 is 19.4 Å². The highest BCUT2D eigenvalue weighted by atomic mass is 32.2.